The molecular formula is C13H13N3O2S. The van der Waals surface area contributed by atoms with Crippen molar-refractivity contribution in [1.82, 2.24) is 4.40 Å². The van der Waals surface area contributed by atoms with Crippen LogP contribution in [0.3, 0.4) is 0 Å². The molecular weight excluding hydrogens is 262 g/mol. The highest BCUT2D eigenvalue weighted by Crippen LogP contribution is 2.22. The minimum Gasteiger partial charge on any atom is -0.480 e. The van der Waals surface area contributed by atoms with Gasteiger partial charge in [-0.05, 0) is 17.7 Å². The summed E-state index contributed by atoms with van der Waals surface area (Å²) in [6, 6.07) is 6.99. The minimum absolute atomic E-state index is 0.326. The molecule has 0 radical (unpaired) electrons. The standard InChI is InChI=1S/C13H13N3O2S/c14-5-10-9(7-19-8-11(15)13(17)18)6-16-4-2-1-3-12(10)16/h1-4,6,11H,7-8,15H2,(H,17,18)/t11-/m0/s1. The van der Waals surface area contributed by atoms with Gasteiger partial charge < -0.3 is 15.2 Å². The maximum Gasteiger partial charge on any atom is 0.321 e. The van der Waals surface area contributed by atoms with E-state index in [9.17, 15) is 10.1 Å². The van der Waals surface area contributed by atoms with Crippen LogP contribution >= 0.6 is 11.8 Å². The molecule has 0 unspecified atom stereocenters. The predicted molar refractivity (Wildman–Crippen MR) is 73.9 cm³/mol. The highest BCUT2D eigenvalue weighted by atomic mass is 32.2. The number of hydrogen-bond acceptors (Lipinski definition) is 4. The first-order valence-corrected chi connectivity index (χ1v) is 6.83. The smallest absolute Gasteiger partial charge is 0.321 e. The lowest BCUT2D eigenvalue weighted by Gasteiger charge is -2.04. The predicted octanol–water partition coefficient (Wildman–Crippen LogP) is 1.46. The first-order valence-electron chi connectivity index (χ1n) is 5.68. The number of carboxylic acids is 1. The maximum absolute atomic E-state index is 10.6. The zero-order valence-corrected chi connectivity index (χ0v) is 10.9. The summed E-state index contributed by atoms with van der Waals surface area (Å²) in [4.78, 5) is 10.6. The molecule has 0 saturated heterocycles. The lowest BCUT2D eigenvalue weighted by atomic mass is 10.2. The van der Waals surface area contributed by atoms with Crippen LogP contribution in [0.2, 0.25) is 0 Å². The molecule has 2 heterocycles. The number of aliphatic carboxylic acids is 1. The molecule has 2 aromatic heterocycles. The molecule has 0 fully saturated rings. The van der Waals surface area contributed by atoms with Gasteiger partial charge in [0.2, 0.25) is 0 Å². The van der Waals surface area contributed by atoms with Gasteiger partial charge in [0.1, 0.15) is 12.1 Å². The quantitative estimate of drug-likeness (QED) is 0.861. The Morgan fingerprint density at radius 2 is 2.37 bits per heavy atom. The fourth-order valence-corrected chi connectivity index (χ4v) is 2.74. The van der Waals surface area contributed by atoms with Crippen molar-refractivity contribution in [2.45, 2.75) is 11.8 Å². The summed E-state index contributed by atoms with van der Waals surface area (Å²) in [5.74, 6) is -0.104. The number of thioether (sulfide) groups is 1. The summed E-state index contributed by atoms with van der Waals surface area (Å²) in [6.07, 6.45) is 3.78. The van der Waals surface area contributed by atoms with E-state index in [4.69, 9.17) is 10.8 Å². The van der Waals surface area contributed by atoms with Gasteiger partial charge >= 0.3 is 5.97 Å². The van der Waals surface area contributed by atoms with Crippen LogP contribution in [0.5, 0.6) is 0 Å². The zero-order chi connectivity index (χ0) is 13.8. The van der Waals surface area contributed by atoms with Crippen molar-refractivity contribution in [2.75, 3.05) is 5.75 Å². The van der Waals surface area contributed by atoms with Gasteiger partial charge in [-0.25, -0.2) is 0 Å². The van der Waals surface area contributed by atoms with Gasteiger partial charge in [-0.2, -0.15) is 17.0 Å². The van der Waals surface area contributed by atoms with E-state index in [1.807, 2.05) is 35.0 Å². The van der Waals surface area contributed by atoms with Crippen molar-refractivity contribution < 1.29 is 9.90 Å². The van der Waals surface area contributed by atoms with Crippen molar-refractivity contribution in [1.29, 1.82) is 5.26 Å². The monoisotopic (exact) mass is 275 g/mol. The molecule has 0 aromatic carbocycles. The van der Waals surface area contributed by atoms with Crippen molar-refractivity contribution in [3.8, 4) is 6.07 Å². The Bertz CT molecular complexity index is 645. The Hall–Kier alpha value is -1.97. The number of carboxylic acid groups (broad SMARTS) is 1. The molecule has 3 N–H and O–H groups in total. The third kappa shape index (κ3) is 2.89. The van der Waals surface area contributed by atoms with Gasteiger partial charge in [-0.3, -0.25) is 4.79 Å². The lowest BCUT2D eigenvalue weighted by molar-refractivity contribution is -0.137. The number of aromatic nitrogens is 1. The zero-order valence-electron chi connectivity index (χ0n) is 10.1. The van der Waals surface area contributed by atoms with E-state index >= 15 is 0 Å². The van der Waals surface area contributed by atoms with Crippen molar-refractivity contribution in [2.24, 2.45) is 5.73 Å². The van der Waals surface area contributed by atoms with Gasteiger partial charge in [0.15, 0.2) is 0 Å². The van der Waals surface area contributed by atoms with Crippen molar-refractivity contribution in [3.63, 3.8) is 0 Å². The number of rotatable bonds is 5. The second kappa shape index (κ2) is 5.78. The van der Waals surface area contributed by atoms with Crippen molar-refractivity contribution >= 4 is 23.2 Å². The molecule has 0 aliphatic rings. The summed E-state index contributed by atoms with van der Waals surface area (Å²) >= 11 is 1.42. The molecule has 0 amide bonds. The van der Waals surface area contributed by atoms with Crippen LogP contribution in [0.15, 0.2) is 30.6 Å². The second-order valence-electron chi connectivity index (χ2n) is 4.09. The molecule has 5 nitrogen and oxygen atoms in total. The molecule has 2 rings (SSSR count). The lowest BCUT2D eigenvalue weighted by Crippen LogP contribution is -2.32. The van der Waals surface area contributed by atoms with Gasteiger partial charge in [0.05, 0.1) is 11.1 Å². The van der Waals surface area contributed by atoms with Gasteiger partial charge in [0.25, 0.3) is 0 Å². The molecule has 98 valence electrons. The third-order valence-corrected chi connectivity index (χ3v) is 3.86. The highest BCUT2D eigenvalue weighted by molar-refractivity contribution is 7.98. The normalized spacial score (nSPS) is 12.2. The Labute approximate surface area is 114 Å². The fourth-order valence-electron chi connectivity index (χ4n) is 1.78. The Morgan fingerprint density at radius 3 is 3.05 bits per heavy atom. The van der Waals surface area contributed by atoms with E-state index < -0.39 is 12.0 Å². The summed E-state index contributed by atoms with van der Waals surface area (Å²) < 4.78 is 1.89. The van der Waals surface area contributed by atoms with Gasteiger partial charge in [0, 0.05) is 23.9 Å². The number of nitrogens with two attached hydrogens (primary N) is 1. The maximum atomic E-state index is 10.6. The molecule has 19 heavy (non-hydrogen) atoms. The number of nitriles is 1. The van der Waals surface area contributed by atoms with E-state index in [0.29, 0.717) is 17.1 Å². The highest BCUT2D eigenvalue weighted by Gasteiger charge is 2.13. The molecule has 1 atom stereocenters. The summed E-state index contributed by atoms with van der Waals surface area (Å²) in [5.41, 5.74) is 7.84. The molecule has 0 aliphatic heterocycles. The largest absolute Gasteiger partial charge is 0.480 e. The van der Waals surface area contributed by atoms with Crippen LogP contribution < -0.4 is 5.73 Å². The van der Waals surface area contributed by atoms with Crippen LogP contribution in [-0.4, -0.2) is 27.3 Å². The number of hydrogen-bond donors (Lipinski definition) is 2. The Kier molecular flexibility index (Phi) is 4.10. The average molecular weight is 275 g/mol. The fraction of sp³-hybridized carbons (Fsp3) is 0.231. The first-order chi connectivity index (χ1) is 9.13. The van der Waals surface area contributed by atoms with Crippen LogP contribution in [0.1, 0.15) is 11.1 Å². The average Bonchev–Trinajstić information content (AvgIpc) is 2.75. The minimum atomic E-state index is -1.00. The summed E-state index contributed by atoms with van der Waals surface area (Å²) in [5, 5.41) is 17.9. The third-order valence-electron chi connectivity index (χ3n) is 2.75. The topological polar surface area (TPSA) is 91.5 Å². The number of pyridine rings is 1. The van der Waals surface area contributed by atoms with Crippen LogP contribution in [0.4, 0.5) is 0 Å². The molecule has 0 saturated carbocycles. The number of carbonyl (C=O) groups is 1. The number of nitrogens with zero attached hydrogens (tertiary/aromatic N) is 2. The van der Waals surface area contributed by atoms with Crippen LogP contribution in [0.25, 0.3) is 5.52 Å². The molecule has 0 bridgehead atoms. The van der Waals surface area contributed by atoms with Crippen molar-refractivity contribution in [3.05, 3.63) is 41.7 Å². The molecule has 0 spiro atoms. The summed E-state index contributed by atoms with van der Waals surface area (Å²) in [7, 11) is 0. The molecule has 0 aliphatic carbocycles. The van der Waals surface area contributed by atoms with E-state index in [0.717, 1.165) is 11.1 Å². The molecule has 2 aromatic rings. The Balaban J connectivity index is 2.13. The first kappa shape index (κ1) is 13.5. The van der Waals surface area contributed by atoms with E-state index in [1.165, 1.54) is 11.8 Å². The van der Waals surface area contributed by atoms with Crippen LogP contribution in [-0.2, 0) is 10.5 Å². The van der Waals surface area contributed by atoms with E-state index in [-0.39, 0.29) is 0 Å². The second-order valence-corrected chi connectivity index (χ2v) is 5.12. The van der Waals surface area contributed by atoms with Gasteiger partial charge in [-0.15, -0.1) is 0 Å². The van der Waals surface area contributed by atoms with Crippen LogP contribution in [0, 0.1) is 11.3 Å². The summed E-state index contributed by atoms with van der Waals surface area (Å²) in [6.45, 7) is 0. The number of fused-ring (bicyclic) bond motifs is 1. The van der Waals surface area contributed by atoms with E-state index in [2.05, 4.69) is 6.07 Å². The van der Waals surface area contributed by atoms with E-state index in [1.54, 1.807) is 0 Å². The molecule has 6 heteroatoms. The SMILES string of the molecule is N#Cc1c(CSC[C@H](N)C(=O)O)cn2ccccc12. The van der Waals surface area contributed by atoms with Gasteiger partial charge in [-0.1, -0.05) is 6.07 Å². The Morgan fingerprint density at radius 1 is 1.58 bits per heavy atom.